The van der Waals surface area contributed by atoms with Crippen molar-refractivity contribution in [2.24, 2.45) is 0 Å². The summed E-state index contributed by atoms with van der Waals surface area (Å²) in [6.07, 6.45) is 6.96. The molecule has 0 bridgehead atoms. The van der Waals surface area contributed by atoms with E-state index in [0.717, 1.165) is 42.9 Å². The molecule has 0 aliphatic rings. The van der Waals surface area contributed by atoms with Crippen LogP contribution in [0.25, 0.3) is 21.1 Å². The van der Waals surface area contributed by atoms with E-state index in [4.69, 9.17) is 0 Å². The van der Waals surface area contributed by atoms with E-state index in [1.807, 2.05) is 42.6 Å². The summed E-state index contributed by atoms with van der Waals surface area (Å²) >= 11 is 1.51. The molecule has 5 aromatic rings. The Labute approximate surface area is 170 Å². The van der Waals surface area contributed by atoms with E-state index >= 15 is 0 Å². The summed E-state index contributed by atoms with van der Waals surface area (Å²) in [4.78, 5) is 13.4. The number of rotatable bonds is 2. The van der Waals surface area contributed by atoms with Crippen molar-refractivity contribution in [2.45, 2.75) is 0 Å². The molecule has 1 aromatic carbocycles. The molecular formula is C23H13N5S. The standard InChI is InChI=1S/C23H13N5S/c24-13-17-14-27-23-20(12-19(29-23)3-1-15-5-8-25-9-6-15)22(17)28-18-2-4-21-16(11-18)7-10-26-21/h2,4-12,14,26H,(H,27,28). The molecule has 2 N–H and O–H groups in total. The lowest BCUT2D eigenvalue weighted by Crippen LogP contribution is -1.95. The Morgan fingerprint density at radius 1 is 1.03 bits per heavy atom. The largest absolute Gasteiger partial charge is 0.361 e. The lowest BCUT2D eigenvalue weighted by atomic mass is 10.1. The van der Waals surface area contributed by atoms with Crippen LogP contribution >= 0.6 is 11.3 Å². The number of nitrogens with zero attached hydrogens (tertiary/aromatic N) is 3. The van der Waals surface area contributed by atoms with Crippen molar-refractivity contribution in [3.05, 3.63) is 83.3 Å². The minimum atomic E-state index is 0.498. The van der Waals surface area contributed by atoms with Crippen molar-refractivity contribution in [2.75, 3.05) is 5.32 Å². The number of pyridine rings is 2. The van der Waals surface area contributed by atoms with E-state index in [2.05, 4.69) is 44.2 Å². The van der Waals surface area contributed by atoms with Gasteiger partial charge >= 0.3 is 0 Å². The predicted octanol–water partition coefficient (Wildman–Crippen LogP) is 5.19. The first kappa shape index (κ1) is 17.0. The molecule has 5 rings (SSSR count). The fourth-order valence-corrected chi connectivity index (χ4v) is 3.98. The van der Waals surface area contributed by atoms with Crippen LogP contribution < -0.4 is 5.32 Å². The summed E-state index contributed by atoms with van der Waals surface area (Å²) in [6, 6.07) is 16.0. The Hall–Kier alpha value is -4.13. The van der Waals surface area contributed by atoms with Gasteiger partial charge in [-0.15, -0.1) is 11.3 Å². The summed E-state index contributed by atoms with van der Waals surface area (Å²) in [5.74, 6) is 6.33. The first-order valence-corrected chi connectivity index (χ1v) is 9.71. The second kappa shape index (κ2) is 7.12. The van der Waals surface area contributed by atoms with Gasteiger partial charge in [-0.05, 0) is 42.5 Å². The second-order valence-electron chi connectivity index (χ2n) is 6.38. The van der Waals surface area contributed by atoms with Gasteiger partial charge in [-0.2, -0.15) is 5.26 Å². The zero-order chi connectivity index (χ0) is 19.6. The molecule has 29 heavy (non-hydrogen) atoms. The average molecular weight is 391 g/mol. The molecule has 0 atom stereocenters. The van der Waals surface area contributed by atoms with Gasteiger partial charge in [-0.3, -0.25) is 4.98 Å². The van der Waals surface area contributed by atoms with Crippen LogP contribution in [0.2, 0.25) is 0 Å². The molecule has 0 fully saturated rings. The number of anilines is 2. The lowest BCUT2D eigenvalue weighted by Gasteiger charge is -2.09. The molecule has 0 saturated carbocycles. The summed E-state index contributed by atoms with van der Waals surface area (Å²) in [5.41, 5.74) is 4.14. The fourth-order valence-electron chi connectivity index (χ4n) is 3.11. The van der Waals surface area contributed by atoms with Gasteiger partial charge in [0.2, 0.25) is 0 Å². The Morgan fingerprint density at radius 2 is 1.93 bits per heavy atom. The van der Waals surface area contributed by atoms with Gasteiger partial charge in [0.05, 0.1) is 16.1 Å². The first-order valence-electron chi connectivity index (χ1n) is 8.89. The zero-order valence-corrected chi connectivity index (χ0v) is 15.9. The number of aromatic nitrogens is 3. The highest BCUT2D eigenvalue weighted by atomic mass is 32.1. The smallest absolute Gasteiger partial charge is 0.126 e. The molecule has 0 radical (unpaired) electrons. The number of hydrogen-bond acceptors (Lipinski definition) is 5. The zero-order valence-electron chi connectivity index (χ0n) is 15.1. The van der Waals surface area contributed by atoms with Crippen LogP contribution in [0.5, 0.6) is 0 Å². The second-order valence-corrected chi connectivity index (χ2v) is 7.41. The molecule has 136 valence electrons. The Morgan fingerprint density at radius 3 is 2.79 bits per heavy atom. The number of thiophene rings is 1. The van der Waals surface area contributed by atoms with Gasteiger partial charge in [0, 0.05) is 52.3 Å². The Balaban J connectivity index is 1.57. The number of benzene rings is 1. The molecule has 5 nitrogen and oxygen atoms in total. The van der Waals surface area contributed by atoms with Crippen LogP contribution in [0.15, 0.2) is 67.3 Å². The van der Waals surface area contributed by atoms with Crippen molar-refractivity contribution in [1.82, 2.24) is 15.0 Å². The maximum absolute atomic E-state index is 9.59. The monoisotopic (exact) mass is 391 g/mol. The highest BCUT2D eigenvalue weighted by molar-refractivity contribution is 7.19. The maximum Gasteiger partial charge on any atom is 0.126 e. The summed E-state index contributed by atoms with van der Waals surface area (Å²) in [6.45, 7) is 0. The molecule has 0 spiro atoms. The molecule has 0 unspecified atom stereocenters. The molecule has 0 saturated heterocycles. The van der Waals surface area contributed by atoms with E-state index in [-0.39, 0.29) is 0 Å². The Bertz CT molecular complexity index is 1450. The topological polar surface area (TPSA) is 77.4 Å². The van der Waals surface area contributed by atoms with E-state index in [1.165, 1.54) is 11.3 Å². The molecular weight excluding hydrogens is 378 g/mol. The van der Waals surface area contributed by atoms with E-state index < -0.39 is 0 Å². The predicted molar refractivity (Wildman–Crippen MR) is 116 cm³/mol. The minimum Gasteiger partial charge on any atom is -0.361 e. The first-order chi connectivity index (χ1) is 14.3. The SMILES string of the molecule is N#Cc1cnc2sc(C#Cc3ccncc3)cc2c1Nc1ccc2[nH]ccc2c1. The van der Waals surface area contributed by atoms with Crippen LogP contribution in [-0.4, -0.2) is 15.0 Å². The van der Waals surface area contributed by atoms with E-state index in [1.54, 1.807) is 18.6 Å². The van der Waals surface area contributed by atoms with Crippen LogP contribution in [0.3, 0.4) is 0 Å². The van der Waals surface area contributed by atoms with Gasteiger partial charge in [0.15, 0.2) is 0 Å². The minimum absolute atomic E-state index is 0.498. The molecule has 6 heteroatoms. The van der Waals surface area contributed by atoms with Crippen molar-refractivity contribution in [3.63, 3.8) is 0 Å². The van der Waals surface area contributed by atoms with E-state index in [9.17, 15) is 5.26 Å². The summed E-state index contributed by atoms with van der Waals surface area (Å²) in [5, 5.41) is 15.0. The van der Waals surface area contributed by atoms with Crippen LogP contribution in [0.1, 0.15) is 16.0 Å². The number of fused-ring (bicyclic) bond motifs is 2. The van der Waals surface area contributed by atoms with Gasteiger partial charge in [0.1, 0.15) is 10.9 Å². The molecule has 0 aliphatic carbocycles. The Kier molecular flexibility index (Phi) is 4.18. The number of hydrogen-bond donors (Lipinski definition) is 2. The average Bonchev–Trinajstić information content (AvgIpc) is 3.39. The van der Waals surface area contributed by atoms with Gasteiger partial charge in [-0.25, -0.2) is 4.98 Å². The maximum atomic E-state index is 9.59. The lowest BCUT2D eigenvalue weighted by molar-refractivity contribution is 1.32. The fraction of sp³-hybridized carbons (Fsp3) is 0. The van der Waals surface area contributed by atoms with Crippen LogP contribution in [-0.2, 0) is 0 Å². The normalized spacial score (nSPS) is 10.4. The van der Waals surface area contributed by atoms with Crippen molar-refractivity contribution < 1.29 is 0 Å². The quantitative estimate of drug-likeness (QED) is 0.406. The van der Waals surface area contributed by atoms with Crippen molar-refractivity contribution in [1.29, 1.82) is 5.26 Å². The number of nitrogens with one attached hydrogen (secondary N) is 2. The third kappa shape index (κ3) is 3.29. The number of nitriles is 1. The highest BCUT2D eigenvalue weighted by Gasteiger charge is 2.12. The van der Waals surface area contributed by atoms with Crippen molar-refractivity contribution >= 4 is 43.8 Å². The van der Waals surface area contributed by atoms with Crippen LogP contribution in [0, 0.1) is 23.2 Å². The van der Waals surface area contributed by atoms with Gasteiger partial charge < -0.3 is 10.3 Å². The number of H-pyrrole nitrogens is 1. The third-order valence-electron chi connectivity index (χ3n) is 4.52. The molecule has 4 aromatic heterocycles. The molecule has 4 heterocycles. The van der Waals surface area contributed by atoms with Crippen LogP contribution in [0.4, 0.5) is 11.4 Å². The summed E-state index contributed by atoms with van der Waals surface area (Å²) < 4.78 is 0. The highest BCUT2D eigenvalue weighted by Crippen LogP contribution is 2.34. The van der Waals surface area contributed by atoms with Gasteiger partial charge in [-0.1, -0.05) is 11.8 Å². The molecule has 0 aliphatic heterocycles. The van der Waals surface area contributed by atoms with E-state index in [0.29, 0.717) is 5.56 Å². The molecule has 0 amide bonds. The van der Waals surface area contributed by atoms with Crippen molar-refractivity contribution in [3.8, 4) is 17.9 Å². The number of aromatic amines is 1. The summed E-state index contributed by atoms with van der Waals surface area (Å²) in [7, 11) is 0. The third-order valence-corrected chi connectivity index (χ3v) is 5.47. The van der Waals surface area contributed by atoms with Gasteiger partial charge in [0.25, 0.3) is 0 Å².